The number of hydrogen-bond acceptors (Lipinski definition) is 3. The van der Waals surface area contributed by atoms with Gasteiger partial charge in [-0.2, -0.15) is 0 Å². The van der Waals surface area contributed by atoms with Crippen LogP contribution in [0.5, 0.6) is 0 Å². The van der Waals surface area contributed by atoms with Crippen LogP contribution in [-0.2, 0) is 6.54 Å². The van der Waals surface area contributed by atoms with E-state index in [1.54, 1.807) is 30.4 Å². The molecule has 1 aromatic heterocycles. The molecule has 0 amide bonds. The van der Waals surface area contributed by atoms with Crippen molar-refractivity contribution in [2.24, 2.45) is 5.92 Å². The third-order valence-electron chi connectivity index (χ3n) is 3.01. The molecule has 1 unspecified atom stereocenters. The average Bonchev–Trinajstić information content (AvgIpc) is 2.85. The number of nitrogens with zero attached hydrogens (tertiary/aromatic N) is 2. The van der Waals surface area contributed by atoms with Crippen molar-refractivity contribution >= 4 is 29.1 Å². The van der Waals surface area contributed by atoms with E-state index in [0.29, 0.717) is 11.6 Å². The Balaban J connectivity index is 1.85. The minimum atomic E-state index is 0.0119. The van der Waals surface area contributed by atoms with Crippen molar-refractivity contribution in [1.82, 2.24) is 9.55 Å². The van der Waals surface area contributed by atoms with Crippen LogP contribution >= 0.6 is 23.4 Å². The number of thioether (sulfide) groups is 1. The van der Waals surface area contributed by atoms with Gasteiger partial charge < -0.3 is 4.57 Å². The molecule has 18 heavy (non-hydrogen) atoms. The highest BCUT2D eigenvalue weighted by atomic mass is 35.5. The van der Waals surface area contributed by atoms with Crippen LogP contribution in [0.15, 0.2) is 41.8 Å². The Morgan fingerprint density at radius 2 is 2.39 bits per heavy atom. The topological polar surface area (TPSA) is 34.9 Å². The van der Waals surface area contributed by atoms with Crippen molar-refractivity contribution in [3.8, 4) is 0 Å². The number of benzene rings is 1. The molecule has 3 rings (SSSR count). The summed E-state index contributed by atoms with van der Waals surface area (Å²) in [7, 11) is 0. The molecule has 0 N–H and O–H groups in total. The normalized spacial score (nSPS) is 18.7. The molecular formula is C13H11ClN2OS. The molecule has 0 aliphatic carbocycles. The van der Waals surface area contributed by atoms with Gasteiger partial charge in [-0.25, -0.2) is 4.98 Å². The number of carbonyl (C=O) groups is 1. The van der Waals surface area contributed by atoms with E-state index in [4.69, 9.17) is 11.6 Å². The lowest BCUT2D eigenvalue weighted by atomic mass is 9.98. The molecule has 0 radical (unpaired) electrons. The Bertz CT molecular complexity index is 583. The quantitative estimate of drug-likeness (QED) is 0.846. The first-order valence-electron chi connectivity index (χ1n) is 5.66. The van der Waals surface area contributed by atoms with E-state index in [0.717, 1.165) is 16.2 Å². The smallest absolute Gasteiger partial charge is 0.169 e. The zero-order valence-electron chi connectivity index (χ0n) is 9.54. The summed E-state index contributed by atoms with van der Waals surface area (Å²) in [6.45, 7) is 0.688. The SMILES string of the molecule is O=C1c2ccc(Cl)cc2SCC1Cn1ccnc1. The summed E-state index contributed by atoms with van der Waals surface area (Å²) in [6.07, 6.45) is 5.36. The Labute approximate surface area is 114 Å². The molecule has 0 spiro atoms. The summed E-state index contributed by atoms with van der Waals surface area (Å²) in [6, 6.07) is 5.47. The van der Waals surface area contributed by atoms with E-state index >= 15 is 0 Å². The fraction of sp³-hybridized carbons (Fsp3) is 0.231. The number of carbonyl (C=O) groups excluding carboxylic acids is 1. The van der Waals surface area contributed by atoms with Crippen molar-refractivity contribution in [1.29, 1.82) is 0 Å². The van der Waals surface area contributed by atoms with Gasteiger partial charge in [0.1, 0.15) is 0 Å². The Hall–Kier alpha value is -1.26. The van der Waals surface area contributed by atoms with E-state index in [1.165, 1.54) is 0 Å². The van der Waals surface area contributed by atoms with Gasteiger partial charge in [-0.3, -0.25) is 4.79 Å². The number of imidazole rings is 1. The summed E-state index contributed by atoms with van der Waals surface area (Å²) >= 11 is 7.64. The first-order chi connectivity index (χ1) is 8.74. The first kappa shape index (κ1) is 11.8. The molecule has 0 saturated heterocycles. The molecule has 5 heteroatoms. The van der Waals surface area contributed by atoms with Crippen LogP contribution in [0.4, 0.5) is 0 Å². The van der Waals surface area contributed by atoms with Crippen LogP contribution < -0.4 is 0 Å². The predicted molar refractivity (Wildman–Crippen MR) is 72.2 cm³/mol. The van der Waals surface area contributed by atoms with Crippen LogP contribution in [0.3, 0.4) is 0 Å². The van der Waals surface area contributed by atoms with Crippen molar-refractivity contribution in [3.63, 3.8) is 0 Å². The summed E-state index contributed by atoms with van der Waals surface area (Å²) in [4.78, 5) is 17.4. The van der Waals surface area contributed by atoms with Crippen LogP contribution in [0, 0.1) is 5.92 Å². The molecule has 0 saturated carbocycles. The molecule has 92 valence electrons. The first-order valence-corrected chi connectivity index (χ1v) is 7.03. The van der Waals surface area contributed by atoms with E-state index in [-0.39, 0.29) is 11.7 Å². The second-order valence-electron chi connectivity index (χ2n) is 4.27. The number of fused-ring (bicyclic) bond motifs is 1. The highest BCUT2D eigenvalue weighted by Crippen LogP contribution is 2.35. The van der Waals surface area contributed by atoms with Gasteiger partial charge in [-0.05, 0) is 18.2 Å². The Morgan fingerprint density at radius 3 is 3.17 bits per heavy atom. The van der Waals surface area contributed by atoms with Crippen molar-refractivity contribution in [3.05, 3.63) is 47.5 Å². The van der Waals surface area contributed by atoms with Crippen LogP contribution in [-0.4, -0.2) is 21.1 Å². The van der Waals surface area contributed by atoms with E-state index in [1.807, 2.05) is 22.9 Å². The second-order valence-corrected chi connectivity index (χ2v) is 5.77. The molecule has 2 aromatic rings. The van der Waals surface area contributed by atoms with Crippen molar-refractivity contribution in [2.45, 2.75) is 11.4 Å². The molecule has 1 aliphatic heterocycles. The van der Waals surface area contributed by atoms with Gasteiger partial charge in [0.05, 0.1) is 6.33 Å². The number of halogens is 1. The molecule has 1 aliphatic rings. The fourth-order valence-electron chi connectivity index (χ4n) is 2.09. The summed E-state index contributed by atoms with van der Waals surface area (Å²) in [5.74, 6) is 1.01. The summed E-state index contributed by atoms with van der Waals surface area (Å²) in [5, 5.41) is 0.683. The molecule has 0 fully saturated rings. The maximum Gasteiger partial charge on any atom is 0.169 e. The zero-order chi connectivity index (χ0) is 12.5. The zero-order valence-corrected chi connectivity index (χ0v) is 11.1. The third kappa shape index (κ3) is 2.18. The average molecular weight is 279 g/mol. The Kier molecular flexibility index (Phi) is 3.14. The predicted octanol–water partition coefficient (Wildman–Crippen LogP) is 3.14. The van der Waals surface area contributed by atoms with Crippen LogP contribution in [0.1, 0.15) is 10.4 Å². The lowest BCUT2D eigenvalue weighted by molar-refractivity contribution is 0.0915. The Morgan fingerprint density at radius 1 is 1.50 bits per heavy atom. The fourth-order valence-corrected chi connectivity index (χ4v) is 3.50. The highest BCUT2D eigenvalue weighted by molar-refractivity contribution is 7.99. The van der Waals surface area contributed by atoms with Gasteiger partial charge in [0.15, 0.2) is 5.78 Å². The number of ketones is 1. The van der Waals surface area contributed by atoms with Gasteiger partial charge in [0, 0.05) is 46.1 Å². The minimum absolute atomic E-state index is 0.0119. The summed E-state index contributed by atoms with van der Waals surface area (Å²) < 4.78 is 1.95. The standard InChI is InChI=1S/C13H11ClN2OS/c14-10-1-2-11-12(5-10)18-7-9(13(11)17)6-16-4-3-15-8-16/h1-5,8-9H,6-7H2. The minimum Gasteiger partial charge on any atom is -0.337 e. The van der Waals surface area contributed by atoms with E-state index in [2.05, 4.69) is 4.98 Å². The molecule has 0 bridgehead atoms. The van der Waals surface area contributed by atoms with E-state index in [9.17, 15) is 4.79 Å². The monoisotopic (exact) mass is 278 g/mol. The molecular weight excluding hydrogens is 268 g/mol. The largest absolute Gasteiger partial charge is 0.337 e. The van der Waals surface area contributed by atoms with Gasteiger partial charge in [-0.15, -0.1) is 11.8 Å². The van der Waals surface area contributed by atoms with Crippen LogP contribution in [0.25, 0.3) is 0 Å². The maximum atomic E-state index is 12.4. The molecule has 2 heterocycles. The second kappa shape index (κ2) is 4.78. The maximum absolute atomic E-state index is 12.4. The van der Waals surface area contributed by atoms with Gasteiger partial charge >= 0.3 is 0 Å². The van der Waals surface area contributed by atoms with Gasteiger partial charge in [-0.1, -0.05) is 11.6 Å². The van der Waals surface area contributed by atoms with Crippen molar-refractivity contribution in [2.75, 3.05) is 5.75 Å². The lowest BCUT2D eigenvalue weighted by Crippen LogP contribution is -2.26. The number of Topliss-reactive ketones (excluding diaryl/α,β-unsaturated/α-hetero) is 1. The van der Waals surface area contributed by atoms with E-state index < -0.39 is 0 Å². The van der Waals surface area contributed by atoms with Gasteiger partial charge in [0.25, 0.3) is 0 Å². The van der Waals surface area contributed by atoms with Gasteiger partial charge in [0.2, 0.25) is 0 Å². The van der Waals surface area contributed by atoms with Crippen molar-refractivity contribution < 1.29 is 4.79 Å². The number of rotatable bonds is 2. The highest BCUT2D eigenvalue weighted by Gasteiger charge is 2.28. The lowest BCUT2D eigenvalue weighted by Gasteiger charge is -2.23. The molecule has 1 atom stereocenters. The summed E-state index contributed by atoms with van der Waals surface area (Å²) in [5.41, 5.74) is 0.792. The number of hydrogen-bond donors (Lipinski definition) is 0. The van der Waals surface area contributed by atoms with Crippen LogP contribution in [0.2, 0.25) is 5.02 Å². The molecule has 1 aromatic carbocycles. The number of aromatic nitrogens is 2. The molecule has 3 nitrogen and oxygen atoms in total. The third-order valence-corrected chi connectivity index (χ3v) is 4.46.